The Balaban J connectivity index is 1.96. The fourth-order valence-corrected chi connectivity index (χ4v) is 2.68. The van der Waals surface area contributed by atoms with E-state index in [4.69, 9.17) is 9.47 Å². The minimum Gasteiger partial charge on any atom is -0.347 e. The van der Waals surface area contributed by atoms with Crippen LogP contribution in [0.25, 0.3) is 0 Å². The lowest BCUT2D eigenvalue weighted by molar-refractivity contribution is -0.160. The standard InChI is InChI=1S/C13H17NO2/c1-10-7-11-8-13(15-5-6-16-13)4-2-3-12(11)14-9-10/h7,9H,2-6,8H2,1H3. The zero-order valence-corrected chi connectivity index (χ0v) is 9.66. The summed E-state index contributed by atoms with van der Waals surface area (Å²) in [6.07, 6.45) is 5.94. The Bertz CT molecular complexity index is 397. The van der Waals surface area contributed by atoms with Crippen LogP contribution in [0.15, 0.2) is 12.3 Å². The summed E-state index contributed by atoms with van der Waals surface area (Å²) in [6.45, 7) is 3.55. The van der Waals surface area contributed by atoms with Crippen molar-refractivity contribution < 1.29 is 9.47 Å². The Morgan fingerprint density at radius 3 is 2.94 bits per heavy atom. The predicted octanol–water partition coefficient (Wildman–Crippen LogP) is 2.01. The molecule has 2 heterocycles. The first-order valence-corrected chi connectivity index (χ1v) is 6.00. The molecule has 1 aromatic rings. The quantitative estimate of drug-likeness (QED) is 0.669. The van der Waals surface area contributed by atoms with Crippen molar-refractivity contribution in [2.45, 2.75) is 38.4 Å². The summed E-state index contributed by atoms with van der Waals surface area (Å²) in [6, 6.07) is 2.22. The number of ether oxygens (including phenoxy) is 2. The summed E-state index contributed by atoms with van der Waals surface area (Å²) in [7, 11) is 0. The van der Waals surface area contributed by atoms with E-state index in [9.17, 15) is 0 Å². The summed E-state index contributed by atoms with van der Waals surface area (Å²) in [5.41, 5.74) is 3.75. The van der Waals surface area contributed by atoms with E-state index in [0.717, 1.165) is 38.9 Å². The highest BCUT2D eigenvalue weighted by atomic mass is 16.7. The van der Waals surface area contributed by atoms with E-state index in [-0.39, 0.29) is 5.79 Å². The second-order valence-electron chi connectivity index (χ2n) is 4.76. The zero-order valence-electron chi connectivity index (χ0n) is 9.66. The maximum absolute atomic E-state index is 5.81. The van der Waals surface area contributed by atoms with E-state index in [1.54, 1.807) is 0 Å². The maximum atomic E-state index is 5.81. The van der Waals surface area contributed by atoms with Gasteiger partial charge in [0.25, 0.3) is 0 Å². The predicted molar refractivity (Wildman–Crippen MR) is 60.3 cm³/mol. The second-order valence-corrected chi connectivity index (χ2v) is 4.76. The molecular weight excluding hydrogens is 202 g/mol. The highest BCUT2D eigenvalue weighted by Gasteiger charge is 2.38. The first kappa shape index (κ1) is 10.2. The molecule has 0 bridgehead atoms. The van der Waals surface area contributed by atoms with Gasteiger partial charge in [-0.2, -0.15) is 0 Å². The summed E-state index contributed by atoms with van der Waals surface area (Å²) in [4.78, 5) is 4.52. The van der Waals surface area contributed by atoms with Gasteiger partial charge in [0.1, 0.15) is 0 Å². The van der Waals surface area contributed by atoms with Crippen LogP contribution in [0.1, 0.15) is 29.7 Å². The molecule has 3 heteroatoms. The lowest BCUT2D eigenvalue weighted by Crippen LogP contribution is -2.32. The molecule has 2 aliphatic rings. The van der Waals surface area contributed by atoms with Crippen molar-refractivity contribution in [1.82, 2.24) is 4.98 Å². The van der Waals surface area contributed by atoms with Crippen LogP contribution in [-0.4, -0.2) is 24.0 Å². The molecule has 3 rings (SSSR count). The van der Waals surface area contributed by atoms with Crippen molar-refractivity contribution in [3.8, 4) is 0 Å². The number of rotatable bonds is 0. The average Bonchev–Trinajstić information content (AvgIpc) is 2.61. The van der Waals surface area contributed by atoms with Gasteiger partial charge < -0.3 is 9.47 Å². The van der Waals surface area contributed by atoms with Crippen LogP contribution >= 0.6 is 0 Å². The summed E-state index contributed by atoms with van der Waals surface area (Å²) in [5, 5.41) is 0. The maximum Gasteiger partial charge on any atom is 0.172 e. The molecule has 0 amide bonds. The van der Waals surface area contributed by atoms with E-state index in [1.807, 2.05) is 6.20 Å². The van der Waals surface area contributed by atoms with Gasteiger partial charge in [0.15, 0.2) is 5.79 Å². The van der Waals surface area contributed by atoms with E-state index in [0.29, 0.717) is 0 Å². The van der Waals surface area contributed by atoms with E-state index >= 15 is 0 Å². The first-order chi connectivity index (χ1) is 7.77. The number of hydrogen-bond acceptors (Lipinski definition) is 3. The molecule has 0 atom stereocenters. The largest absolute Gasteiger partial charge is 0.347 e. The molecule has 1 aliphatic heterocycles. The molecule has 3 nitrogen and oxygen atoms in total. The van der Waals surface area contributed by atoms with Crippen molar-refractivity contribution in [3.05, 3.63) is 29.1 Å². The highest BCUT2D eigenvalue weighted by Crippen LogP contribution is 2.33. The lowest BCUT2D eigenvalue weighted by atomic mass is 10.0. The van der Waals surface area contributed by atoms with E-state index < -0.39 is 0 Å². The Labute approximate surface area is 95.8 Å². The number of fused-ring (bicyclic) bond motifs is 1. The molecular formula is C13H17NO2. The monoisotopic (exact) mass is 219 g/mol. The smallest absolute Gasteiger partial charge is 0.172 e. The van der Waals surface area contributed by atoms with E-state index in [2.05, 4.69) is 18.0 Å². The average molecular weight is 219 g/mol. The van der Waals surface area contributed by atoms with Gasteiger partial charge in [0.2, 0.25) is 0 Å². The number of hydrogen-bond donors (Lipinski definition) is 0. The van der Waals surface area contributed by atoms with Gasteiger partial charge in [0, 0.05) is 24.7 Å². The number of pyridine rings is 1. The van der Waals surface area contributed by atoms with Crippen molar-refractivity contribution in [1.29, 1.82) is 0 Å². The summed E-state index contributed by atoms with van der Waals surface area (Å²) >= 11 is 0. The molecule has 0 radical (unpaired) electrons. The fourth-order valence-electron chi connectivity index (χ4n) is 2.68. The van der Waals surface area contributed by atoms with Crippen molar-refractivity contribution >= 4 is 0 Å². The van der Waals surface area contributed by atoms with Gasteiger partial charge >= 0.3 is 0 Å². The molecule has 86 valence electrons. The normalized spacial score (nSPS) is 23.1. The fraction of sp³-hybridized carbons (Fsp3) is 0.615. The Morgan fingerprint density at radius 2 is 2.12 bits per heavy atom. The zero-order chi connectivity index (χ0) is 11.0. The molecule has 1 aromatic heterocycles. The third kappa shape index (κ3) is 1.74. The third-order valence-electron chi connectivity index (χ3n) is 3.44. The summed E-state index contributed by atoms with van der Waals surface area (Å²) < 4.78 is 11.6. The Kier molecular flexibility index (Phi) is 2.45. The van der Waals surface area contributed by atoms with Crippen LogP contribution in [0.3, 0.4) is 0 Å². The van der Waals surface area contributed by atoms with Gasteiger partial charge in [-0.25, -0.2) is 0 Å². The van der Waals surface area contributed by atoms with Gasteiger partial charge in [-0.15, -0.1) is 0 Å². The van der Waals surface area contributed by atoms with Gasteiger partial charge in [0.05, 0.1) is 13.2 Å². The minimum absolute atomic E-state index is 0.347. The lowest BCUT2D eigenvalue weighted by Gasteiger charge is -2.25. The van der Waals surface area contributed by atoms with Crippen LogP contribution in [-0.2, 0) is 22.3 Å². The molecule has 0 saturated carbocycles. The van der Waals surface area contributed by atoms with Crippen LogP contribution in [0.4, 0.5) is 0 Å². The minimum atomic E-state index is -0.347. The molecule has 16 heavy (non-hydrogen) atoms. The van der Waals surface area contributed by atoms with Crippen molar-refractivity contribution in [2.75, 3.05) is 13.2 Å². The summed E-state index contributed by atoms with van der Waals surface area (Å²) in [5.74, 6) is -0.347. The molecule has 1 aliphatic carbocycles. The van der Waals surface area contributed by atoms with E-state index in [1.165, 1.54) is 16.8 Å². The van der Waals surface area contributed by atoms with Crippen LogP contribution in [0.2, 0.25) is 0 Å². The third-order valence-corrected chi connectivity index (χ3v) is 3.44. The van der Waals surface area contributed by atoms with Gasteiger partial charge in [-0.1, -0.05) is 6.07 Å². The van der Waals surface area contributed by atoms with Crippen molar-refractivity contribution in [3.63, 3.8) is 0 Å². The Morgan fingerprint density at radius 1 is 1.31 bits per heavy atom. The first-order valence-electron chi connectivity index (χ1n) is 6.00. The molecule has 0 aromatic carbocycles. The number of aromatic nitrogens is 1. The van der Waals surface area contributed by atoms with Crippen LogP contribution in [0, 0.1) is 6.92 Å². The second kappa shape index (κ2) is 3.82. The Hall–Kier alpha value is -0.930. The van der Waals surface area contributed by atoms with Gasteiger partial charge in [-0.05, 0) is 30.9 Å². The van der Waals surface area contributed by atoms with Crippen LogP contribution in [0.5, 0.6) is 0 Å². The molecule has 0 N–H and O–H groups in total. The van der Waals surface area contributed by atoms with Crippen molar-refractivity contribution in [2.24, 2.45) is 0 Å². The number of aryl methyl sites for hydroxylation is 2. The highest BCUT2D eigenvalue weighted by molar-refractivity contribution is 5.27. The SMILES string of the molecule is Cc1cnc2c(c1)CC1(CCC2)OCCO1. The van der Waals surface area contributed by atoms with Gasteiger partial charge in [-0.3, -0.25) is 4.98 Å². The molecule has 0 unspecified atom stereocenters. The molecule has 1 fully saturated rings. The molecule has 1 spiro atoms. The molecule has 1 saturated heterocycles. The number of nitrogens with zero attached hydrogens (tertiary/aromatic N) is 1. The van der Waals surface area contributed by atoms with Crippen LogP contribution < -0.4 is 0 Å². The topological polar surface area (TPSA) is 31.4 Å².